The molecule has 7 nitrogen and oxygen atoms in total. The molecule has 3 rings (SSSR count). The predicted molar refractivity (Wildman–Crippen MR) is 107 cm³/mol. The predicted octanol–water partition coefficient (Wildman–Crippen LogP) is 4.22. The van der Waals surface area contributed by atoms with Crippen LogP contribution in [0, 0.1) is 6.92 Å². The number of esters is 1. The number of aromatic nitrogens is 2. The lowest BCUT2D eigenvalue weighted by atomic mass is 10.2. The van der Waals surface area contributed by atoms with Crippen molar-refractivity contribution in [1.82, 2.24) is 9.97 Å². The van der Waals surface area contributed by atoms with Gasteiger partial charge in [-0.25, -0.2) is 14.8 Å². The van der Waals surface area contributed by atoms with Crippen LogP contribution in [0.3, 0.4) is 0 Å². The number of carbonyl (C=O) groups is 2. The van der Waals surface area contributed by atoms with Crippen LogP contribution in [-0.4, -0.2) is 29.0 Å². The first-order valence-electron chi connectivity index (χ1n) is 8.31. The van der Waals surface area contributed by atoms with E-state index in [1.54, 1.807) is 42.5 Å². The van der Waals surface area contributed by atoms with E-state index in [4.69, 9.17) is 11.6 Å². The number of amides is 1. The van der Waals surface area contributed by atoms with Crippen molar-refractivity contribution in [3.05, 3.63) is 76.6 Å². The molecule has 0 radical (unpaired) electrons. The molecular weight excluding hydrogens is 380 g/mol. The summed E-state index contributed by atoms with van der Waals surface area (Å²) in [5.74, 6) is -0.404. The number of nitrogens with one attached hydrogen (secondary N) is 2. The van der Waals surface area contributed by atoms with Crippen molar-refractivity contribution in [2.75, 3.05) is 17.7 Å². The molecule has 8 heteroatoms. The maximum atomic E-state index is 12.4. The Morgan fingerprint density at radius 1 is 1.00 bits per heavy atom. The zero-order valence-corrected chi connectivity index (χ0v) is 15.9. The molecule has 0 unspecified atom stereocenters. The number of nitrogens with zero attached hydrogens (tertiary/aromatic N) is 2. The van der Waals surface area contributed by atoms with Crippen molar-refractivity contribution in [3.8, 4) is 0 Å². The van der Waals surface area contributed by atoms with E-state index in [-0.39, 0.29) is 5.91 Å². The minimum absolute atomic E-state index is 0.320. The average molecular weight is 397 g/mol. The van der Waals surface area contributed by atoms with Gasteiger partial charge in [0.1, 0.15) is 0 Å². The molecule has 0 aliphatic carbocycles. The van der Waals surface area contributed by atoms with Gasteiger partial charge in [0.2, 0.25) is 5.95 Å². The van der Waals surface area contributed by atoms with Crippen LogP contribution in [0.2, 0.25) is 5.02 Å². The normalized spacial score (nSPS) is 10.2. The summed E-state index contributed by atoms with van der Waals surface area (Å²) < 4.78 is 4.66. The van der Waals surface area contributed by atoms with Gasteiger partial charge in [-0.15, -0.1) is 0 Å². The van der Waals surface area contributed by atoms with E-state index in [1.165, 1.54) is 19.5 Å². The minimum Gasteiger partial charge on any atom is -0.465 e. The summed E-state index contributed by atoms with van der Waals surface area (Å²) in [6.45, 7) is 1.86. The number of carbonyl (C=O) groups excluding carboxylic acids is 2. The molecule has 3 aromatic rings. The molecule has 1 aromatic heterocycles. The monoisotopic (exact) mass is 396 g/mol. The van der Waals surface area contributed by atoms with E-state index in [2.05, 4.69) is 25.3 Å². The summed E-state index contributed by atoms with van der Waals surface area (Å²) in [6.07, 6.45) is 2.86. The highest BCUT2D eigenvalue weighted by Gasteiger charge is 2.10. The smallest absolute Gasteiger partial charge is 0.337 e. The molecule has 2 N–H and O–H groups in total. The highest BCUT2D eigenvalue weighted by atomic mass is 35.5. The molecule has 2 aromatic carbocycles. The lowest BCUT2D eigenvalue weighted by Crippen LogP contribution is -2.13. The third-order valence-electron chi connectivity index (χ3n) is 3.91. The summed E-state index contributed by atoms with van der Waals surface area (Å²) in [4.78, 5) is 32.1. The standard InChI is InChI=1S/C20H17ClN4O3/c1-12-9-15(21)5-8-17(12)25-18(26)14-10-22-20(23-11-14)24-16-6-3-13(4-7-16)19(27)28-2/h3-11H,1-2H3,(H,25,26)(H,22,23,24). The summed E-state index contributed by atoms with van der Waals surface area (Å²) in [5.41, 5.74) is 2.99. The third-order valence-corrected chi connectivity index (χ3v) is 4.15. The van der Waals surface area contributed by atoms with Gasteiger partial charge in [0.25, 0.3) is 5.91 Å². The number of methoxy groups -OCH3 is 1. The van der Waals surface area contributed by atoms with Gasteiger partial charge in [-0.2, -0.15) is 0 Å². The number of benzene rings is 2. The number of anilines is 3. The largest absolute Gasteiger partial charge is 0.465 e. The minimum atomic E-state index is -0.408. The molecule has 28 heavy (non-hydrogen) atoms. The lowest BCUT2D eigenvalue weighted by molar-refractivity contribution is 0.0600. The Kier molecular flexibility index (Phi) is 5.86. The molecule has 0 spiro atoms. The summed E-state index contributed by atoms with van der Waals surface area (Å²) in [5, 5.41) is 6.41. The molecule has 0 saturated carbocycles. The van der Waals surface area contributed by atoms with E-state index >= 15 is 0 Å². The zero-order chi connectivity index (χ0) is 20.1. The maximum Gasteiger partial charge on any atom is 0.337 e. The van der Waals surface area contributed by atoms with Gasteiger partial charge in [-0.1, -0.05) is 11.6 Å². The van der Waals surface area contributed by atoms with Gasteiger partial charge >= 0.3 is 5.97 Å². The molecular formula is C20H17ClN4O3. The quantitative estimate of drug-likeness (QED) is 0.627. The fraction of sp³-hybridized carbons (Fsp3) is 0.100. The molecule has 0 fully saturated rings. The van der Waals surface area contributed by atoms with Crippen LogP contribution in [-0.2, 0) is 4.74 Å². The fourth-order valence-corrected chi connectivity index (χ4v) is 2.63. The second kappa shape index (κ2) is 8.49. The Balaban J connectivity index is 1.65. The van der Waals surface area contributed by atoms with Crippen LogP contribution in [0.1, 0.15) is 26.3 Å². The Morgan fingerprint density at radius 2 is 1.68 bits per heavy atom. The number of rotatable bonds is 5. The topological polar surface area (TPSA) is 93.2 Å². The number of ether oxygens (including phenoxy) is 1. The van der Waals surface area contributed by atoms with Crippen LogP contribution >= 0.6 is 11.6 Å². The second-order valence-corrected chi connectivity index (χ2v) is 6.34. The van der Waals surface area contributed by atoms with Crippen LogP contribution in [0.5, 0.6) is 0 Å². The molecule has 142 valence electrons. The van der Waals surface area contributed by atoms with Crippen LogP contribution in [0.4, 0.5) is 17.3 Å². The van der Waals surface area contributed by atoms with Crippen molar-refractivity contribution in [1.29, 1.82) is 0 Å². The first-order valence-corrected chi connectivity index (χ1v) is 8.69. The van der Waals surface area contributed by atoms with Crippen LogP contribution in [0.25, 0.3) is 0 Å². The molecule has 0 saturated heterocycles. The highest BCUT2D eigenvalue weighted by molar-refractivity contribution is 6.30. The van der Waals surface area contributed by atoms with Gasteiger partial charge < -0.3 is 15.4 Å². The van der Waals surface area contributed by atoms with E-state index in [1.807, 2.05) is 6.92 Å². The molecule has 0 aliphatic rings. The first kappa shape index (κ1) is 19.3. The van der Waals surface area contributed by atoms with E-state index in [0.717, 1.165) is 5.56 Å². The third kappa shape index (κ3) is 4.63. The van der Waals surface area contributed by atoms with Gasteiger partial charge in [0.05, 0.1) is 18.2 Å². The zero-order valence-electron chi connectivity index (χ0n) is 15.2. The first-order chi connectivity index (χ1) is 13.5. The van der Waals surface area contributed by atoms with Gasteiger partial charge in [0.15, 0.2) is 0 Å². The maximum absolute atomic E-state index is 12.4. The van der Waals surface area contributed by atoms with E-state index in [9.17, 15) is 9.59 Å². The van der Waals surface area contributed by atoms with Gasteiger partial charge in [-0.05, 0) is 55.0 Å². The van der Waals surface area contributed by atoms with Crippen molar-refractivity contribution in [2.24, 2.45) is 0 Å². The number of hydrogen-bond acceptors (Lipinski definition) is 6. The Morgan fingerprint density at radius 3 is 2.29 bits per heavy atom. The van der Waals surface area contributed by atoms with Crippen LogP contribution in [0.15, 0.2) is 54.9 Å². The Hall–Kier alpha value is -3.45. The molecule has 0 aliphatic heterocycles. The second-order valence-electron chi connectivity index (χ2n) is 5.90. The van der Waals surface area contributed by atoms with Crippen molar-refractivity contribution in [2.45, 2.75) is 6.92 Å². The SMILES string of the molecule is COC(=O)c1ccc(Nc2ncc(C(=O)Nc3ccc(Cl)cc3C)cn2)cc1. The van der Waals surface area contributed by atoms with E-state index in [0.29, 0.717) is 33.5 Å². The highest BCUT2D eigenvalue weighted by Crippen LogP contribution is 2.20. The lowest BCUT2D eigenvalue weighted by Gasteiger charge is -2.09. The fourth-order valence-electron chi connectivity index (χ4n) is 2.41. The van der Waals surface area contributed by atoms with Crippen molar-refractivity contribution >= 4 is 40.8 Å². The summed E-state index contributed by atoms with van der Waals surface area (Å²) in [7, 11) is 1.33. The molecule has 0 bridgehead atoms. The Labute approximate surface area is 166 Å². The molecule has 1 heterocycles. The average Bonchev–Trinajstić information content (AvgIpc) is 2.70. The molecule has 0 atom stereocenters. The van der Waals surface area contributed by atoms with Crippen LogP contribution < -0.4 is 10.6 Å². The number of aryl methyl sites for hydroxylation is 1. The van der Waals surface area contributed by atoms with E-state index < -0.39 is 5.97 Å². The van der Waals surface area contributed by atoms with Gasteiger partial charge in [0, 0.05) is 28.8 Å². The Bertz CT molecular complexity index is 1000. The van der Waals surface area contributed by atoms with Crippen molar-refractivity contribution in [3.63, 3.8) is 0 Å². The summed E-state index contributed by atoms with van der Waals surface area (Å²) >= 11 is 5.92. The van der Waals surface area contributed by atoms with Crippen molar-refractivity contribution < 1.29 is 14.3 Å². The molecule has 1 amide bonds. The number of hydrogen-bond donors (Lipinski definition) is 2. The summed E-state index contributed by atoms with van der Waals surface area (Å²) in [6, 6.07) is 11.9. The number of halogens is 1. The van der Waals surface area contributed by atoms with Gasteiger partial charge in [-0.3, -0.25) is 4.79 Å².